The van der Waals surface area contributed by atoms with E-state index in [1.165, 1.54) is 6.07 Å². The first-order valence-electron chi connectivity index (χ1n) is 14.4. The van der Waals surface area contributed by atoms with Crippen LogP contribution in [-0.4, -0.2) is 29.5 Å². The van der Waals surface area contributed by atoms with E-state index in [0.29, 0.717) is 19.4 Å². The fraction of sp³-hybridized carbons (Fsp3) is 0.371. The minimum absolute atomic E-state index is 0.0535. The zero-order valence-electron chi connectivity index (χ0n) is 24.3. The third-order valence-electron chi connectivity index (χ3n) is 5.71. The number of hydrogen-bond donors (Lipinski definition) is 3. The molecule has 5 heteroatoms. The van der Waals surface area contributed by atoms with Gasteiger partial charge in [-0.25, -0.2) is 0 Å². The van der Waals surface area contributed by atoms with Gasteiger partial charge in [-0.2, -0.15) is 0 Å². The molecular formula is C35H48N2O3. The lowest BCUT2D eigenvalue weighted by Gasteiger charge is -2.15. The van der Waals surface area contributed by atoms with Gasteiger partial charge in [0, 0.05) is 19.0 Å². The molecule has 1 atom stereocenters. The van der Waals surface area contributed by atoms with Gasteiger partial charge in [-0.05, 0) is 70.4 Å². The van der Waals surface area contributed by atoms with Crippen LogP contribution in [0.3, 0.4) is 0 Å². The van der Waals surface area contributed by atoms with Crippen molar-refractivity contribution in [1.29, 1.82) is 0 Å². The van der Waals surface area contributed by atoms with Gasteiger partial charge in [0.2, 0.25) is 5.91 Å². The summed E-state index contributed by atoms with van der Waals surface area (Å²) in [5, 5.41) is 15.4. The van der Waals surface area contributed by atoms with Gasteiger partial charge in [-0.15, -0.1) is 0 Å². The molecule has 0 spiro atoms. The van der Waals surface area contributed by atoms with Gasteiger partial charge < -0.3 is 15.7 Å². The van der Waals surface area contributed by atoms with E-state index in [-0.39, 0.29) is 29.2 Å². The molecule has 0 saturated carbocycles. The van der Waals surface area contributed by atoms with Crippen LogP contribution in [-0.2, 0) is 4.79 Å². The van der Waals surface area contributed by atoms with Crippen molar-refractivity contribution in [2.75, 3.05) is 6.54 Å². The monoisotopic (exact) mass is 544 g/mol. The van der Waals surface area contributed by atoms with Crippen LogP contribution >= 0.6 is 0 Å². The number of carbonyl (C=O) groups excluding carboxylic acids is 2. The van der Waals surface area contributed by atoms with Crippen molar-refractivity contribution < 1.29 is 14.7 Å². The molecule has 1 rings (SSSR count). The van der Waals surface area contributed by atoms with Crippen LogP contribution in [0.1, 0.15) is 82.0 Å². The van der Waals surface area contributed by atoms with E-state index in [9.17, 15) is 14.7 Å². The maximum atomic E-state index is 12.2. The second-order valence-corrected chi connectivity index (χ2v) is 9.36. The Morgan fingerprint density at radius 2 is 1.18 bits per heavy atom. The normalized spacial score (nSPS) is 13.2. The maximum Gasteiger partial charge on any atom is 0.255 e. The molecule has 2 amide bonds. The number of amides is 2. The molecule has 216 valence electrons. The molecule has 0 bridgehead atoms. The molecule has 1 aromatic rings. The predicted octanol–water partition coefficient (Wildman–Crippen LogP) is 8.05. The zero-order valence-corrected chi connectivity index (χ0v) is 24.3. The van der Waals surface area contributed by atoms with Crippen LogP contribution < -0.4 is 10.6 Å². The van der Waals surface area contributed by atoms with Gasteiger partial charge in [0.1, 0.15) is 5.75 Å². The molecule has 0 fully saturated rings. The number of hydrogen-bond acceptors (Lipinski definition) is 3. The number of nitrogens with one attached hydrogen (secondary N) is 2. The fourth-order valence-corrected chi connectivity index (χ4v) is 3.50. The Morgan fingerprint density at radius 1 is 0.725 bits per heavy atom. The summed E-state index contributed by atoms with van der Waals surface area (Å²) in [5.41, 5.74) is 0.220. The molecule has 0 saturated heterocycles. The lowest BCUT2D eigenvalue weighted by molar-refractivity contribution is -0.121. The quantitative estimate of drug-likeness (QED) is 0.145. The number of carbonyl (C=O) groups is 2. The third-order valence-corrected chi connectivity index (χ3v) is 5.71. The molecule has 1 aromatic carbocycles. The summed E-state index contributed by atoms with van der Waals surface area (Å²) < 4.78 is 0. The smallest absolute Gasteiger partial charge is 0.255 e. The SMILES string of the molecule is CC/C=C\C/C=C\C/C=C\C/C=C\C/C=C\C/C=C\C/C=C\CCC(=O)NCC(C)NC(=O)c1ccccc1O. The molecule has 5 nitrogen and oxygen atoms in total. The van der Waals surface area contributed by atoms with Gasteiger partial charge in [0.05, 0.1) is 5.56 Å². The van der Waals surface area contributed by atoms with Gasteiger partial charge in [-0.3, -0.25) is 9.59 Å². The van der Waals surface area contributed by atoms with E-state index >= 15 is 0 Å². The minimum atomic E-state index is -0.364. The number of phenolic OH excluding ortho intramolecular Hbond substituents is 1. The Morgan fingerprint density at radius 3 is 1.65 bits per heavy atom. The first-order chi connectivity index (χ1) is 19.5. The second-order valence-electron chi connectivity index (χ2n) is 9.36. The fourth-order valence-electron chi connectivity index (χ4n) is 3.50. The Labute approximate surface area is 241 Å². The van der Waals surface area contributed by atoms with Gasteiger partial charge in [-0.1, -0.05) is 104 Å². The van der Waals surface area contributed by atoms with Crippen molar-refractivity contribution in [3.63, 3.8) is 0 Å². The first kappa shape index (κ1) is 34.2. The third kappa shape index (κ3) is 19.2. The molecule has 0 heterocycles. The number of allylic oxidation sites excluding steroid dienone is 14. The topological polar surface area (TPSA) is 78.4 Å². The Hall–Kier alpha value is -3.86. The maximum absolute atomic E-state index is 12.2. The van der Waals surface area contributed by atoms with E-state index in [4.69, 9.17) is 0 Å². The molecule has 3 N–H and O–H groups in total. The highest BCUT2D eigenvalue weighted by atomic mass is 16.3. The summed E-state index contributed by atoms with van der Waals surface area (Å²) in [4.78, 5) is 24.2. The Kier molecular flexibility index (Phi) is 20.7. The van der Waals surface area contributed by atoms with Crippen molar-refractivity contribution in [2.45, 2.75) is 77.7 Å². The number of aromatic hydroxyl groups is 1. The zero-order chi connectivity index (χ0) is 29.1. The molecule has 0 aliphatic carbocycles. The van der Waals surface area contributed by atoms with E-state index in [0.717, 1.165) is 44.9 Å². The summed E-state index contributed by atoms with van der Waals surface area (Å²) >= 11 is 0. The van der Waals surface area contributed by atoms with Crippen LogP contribution in [0.25, 0.3) is 0 Å². The van der Waals surface area contributed by atoms with Crippen molar-refractivity contribution in [3.8, 4) is 5.75 Å². The average Bonchev–Trinajstić information content (AvgIpc) is 2.94. The highest BCUT2D eigenvalue weighted by Gasteiger charge is 2.13. The first-order valence-corrected chi connectivity index (χ1v) is 14.4. The van der Waals surface area contributed by atoms with E-state index in [2.05, 4.69) is 96.5 Å². The highest BCUT2D eigenvalue weighted by molar-refractivity contribution is 5.96. The van der Waals surface area contributed by atoms with Crippen LogP contribution in [0.2, 0.25) is 0 Å². The minimum Gasteiger partial charge on any atom is -0.507 e. The van der Waals surface area contributed by atoms with Crippen molar-refractivity contribution >= 4 is 11.8 Å². The van der Waals surface area contributed by atoms with Crippen molar-refractivity contribution in [2.24, 2.45) is 0 Å². The summed E-state index contributed by atoms with van der Waals surface area (Å²) in [7, 11) is 0. The van der Waals surface area contributed by atoms with Crippen LogP contribution in [0.5, 0.6) is 5.75 Å². The molecule has 40 heavy (non-hydrogen) atoms. The van der Waals surface area contributed by atoms with Crippen LogP contribution in [0.15, 0.2) is 109 Å². The highest BCUT2D eigenvalue weighted by Crippen LogP contribution is 2.15. The lowest BCUT2D eigenvalue weighted by Crippen LogP contribution is -2.41. The molecule has 0 aromatic heterocycles. The lowest BCUT2D eigenvalue weighted by atomic mass is 10.1. The number of para-hydroxylation sites is 1. The molecule has 0 aliphatic heterocycles. The summed E-state index contributed by atoms with van der Waals surface area (Å²) in [6.45, 7) is 4.29. The molecule has 0 radical (unpaired) electrons. The summed E-state index contributed by atoms with van der Waals surface area (Å²) in [6, 6.07) is 6.13. The largest absolute Gasteiger partial charge is 0.507 e. The standard InChI is InChI=1S/C35H48N2O3/c1-3-4-5-6-7-8-9-10-11-12-13-14-15-16-17-18-19-20-21-22-23-24-29-34(39)36-30-31(2)37-35(40)32-27-25-26-28-33(32)38/h4-5,7-8,10-11,13-14,16-17,19-20,22-23,25-28,31,38H,3,6,9,12,15,18,21,24,29-30H2,1-2H3,(H,36,39)(H,37,40)/b5-4-,8-7-,11-10-,14-13-,17-16-,20-19-,23-22-. The van der Waals surface area contributed by atoms with Crippen molar-refractivity contribution in [1.82, 2.24) is 10.6 Å². The molecule has 1 unspecified atom stereocenters. The van der Waals surface area contributed by atoms with E-state index < -0.39 is 0 Å². The second kappa shape index (κ2) is 24.2. The number of phenols is 1. The van der Waals surface area contributed by atoms with Crippen LogP contribution in [0, 0.1) is 0 Å². The molecule has 0 aliphatic rings. The Bertz CT molecular complexity index is 1040. The predicted molar refractivity (Wildman–Crippen MR) is 169 cm³/mol. The number of benzene rings is 1. The van der Waals surface area contributed by atoms with Gasteiger partial charge in [0.25, 0.3) is 5.91 Å². The van der Waals surface area contributed by atoms with Crippen molar-refractivity contribution in [3.05, 3.63) is 115 Å². The van der Waals surface area contributed by atoms with Gasteiger partial charge >= 0.3 is 0 Å². The van der Waals surface area contributed by atoms with E-state index in [1.54, 1.807) is 18.2 Å². The number of rotatable bonds is 20. The van der Waals surface area contributed by atoms with Gasteiger partial charge in [0.15, 0.2) is 0 Å². The molecular weight excluding hydrogens is 496 g/mol. The average molecular weight is 545 g/mol. The Balaban J connectivity index is 2.03. The summed E-state index contributed by atoms with van der Waals surface area (Å²) in [6.07, 6.45) is 38.2. The summed E-state index contributed by atoms with van der Waals surface area (Å²) in [5.74, 6) is -0.480. The van der Waals surface area contributed by atoms with E-state index in [1.807, 2.05) is 13.0 Å². The van der Waals surface area contributed by atoms with Crippen LogP contribution in [0.4, 0.5) is 0 Å².